The molecule has 0 N–H and O–H groups in total. The highest BCUT2D eigenvalue weighted by atomic mass is 32.2. The van der Waals surface area contributed by atoms with Gasteiger partial charge in [0.25, 0.3) is 0 Å². The van der Waals surface area contributed by atoms with Crippen molar-refractivity contribution in [3.05, 3.63) is 35.9 Å². The quantitative estimate of drug-likeness (QED) is 0.505. The van der Waals surface area contributed by atoms with Crippen molar-refractivity contribution in [2.45, 2.75) is 99.1 Å². The zero-order chi connectivity index (χ0) is 25.7. The van der Waals surface area contributed by atoms with Crippen molar-refractivity contribution < 1.29 is 31.8 Å². The molecule has 0 spiro atoms. The molecule has 1 aromatic heterocycles. The minimum atomic E-state index is -3.50. The van der Waals surface area contributed by atoms with E-state index in [9.17, 15) is 17.6 Å². The Morgan fingerprint density at radius 2 is 1.70 bits per heavy atom. The summed E-state index contributed by atoms with van der Waals surface area (Å²) < 4.78 is 57.1. The van der Waals surface area contributed by atoms with Gasteiger partial charge in [0.2, 0.25) is 11.8 Å². The van der Waals surface area contributed by atoms with Gasteiger partial charge in [0, 0.05) is 24.9 Å². The fraction of sp³-hybridized carbons (Fsp3) is 0.577. The molecule has 3 heterocycles. The zero-order valence-corrected chi connectivity index (χ0v) is 21.5. The maximum Gasteiger partial charge on any atom is 0.410 e. The van der Waals surface area contributed by atoms with Gasteiger partial charge in [0.05, 0.1) is 15.7 Å². The Labute approximate surface area is 215 Å². The molecule has 4 fully saturated rings. The van der Waals surface area contributed by atoms with Crippen molar-refractivity contribution >= 4 is 15.9 Å². The highest BCUT2D eigenvalue weighted by Crippen LogP contribution is 2.40. The van der Waals surface area contributed by atoms with E-state index in [0.29, 0.717) is 37.1 Å². The lowest BCUT2D eigenvalue weighted by molar-refractivity contribution is -0.00517. The van der Waals surface area contributed by atoms with Crippen LogP contribution in [0.2, 0.25) is 0 Å². The number of sulfone groups is 1. The van der Waals surface area contributed by atoms with E-state index >= 15 is 0 Å². The Bertz CT molecular complexity index is 1300. The maximum absolute atomic E-state index is 14.7. The van der Waals surface area contributed by atoms with Gasteiger partial charge in [-0.2, -0.15) is 0 Å². The Hall–Kier alpha value is -2.95. The third-order valence-electron chi connectivity index (χ3n) is 7.89. The first kappa shape index (κ1) is 24.4. The second-order valence-corrected chi connectivity index (χ2v) is 12.7. The molecule has 2 saturated carbocycles. The van der Waals surface area contributed by atoms with E-state index in [-0.39, 0.29) is 46.9 Å². The molecule has 11 heteroatoms. The number of fused-ring (bicyclic) bond motifs is 2. The minimum Gasteiger partial charge on any atom is -0.474 e. The topological polar surface area (TPSA) is 108 Å². The van der Waals surface area contributed by atoms with Gasteiger partial charge in [-0.05, 0) is 70.1 Å². The molecule has 2 unspecified atom stereocenters. The summed E-state index contributed by atoms with van der Waals surface area (Å²) in [7, 11) is -3.50. The number of amides is 1. The van der Waals surface area contributed by atoms with Crippen LogP contribution in [0.5, 0.6) is 17.5 Å². The maximum atomic E-state index is 14.7. The highest BCUT2D eigenvalue weighted by Gasteiger charge is 2.46. The van der Waals surface area contributed by atoms with Gasteiger partial charge in [-0.3, -0.25) is 0 Å². The van der Waals surface area contributed by atoms with Crippen LogP contribution < -0.4 is 9.47 Å². The van der Waals surface area contributed by atoms with Crippen LogP contribution in [-0.2, 0) is 14.6 Å². The molecule has 1 amide bonds. The van der Waals surface area contributed by atoms with Crippen molar-refractivity contribution in [2.75, 3.05) is 0 Å². The van der Waals surface area contributed by atoms with Crippen molar-refractivity contribution in [1.29, 1.82) is 0 Å². The molecule has 2 saturated heterocycles. The van der Waals surface area contributed by atoms with E-state index in [4.69, 9.17) is 14.2 Å². The minimum absolute atomic E-state index is 0.0409. The number of nitrogens with zero attached hydrogens (tertiary/aromatic N) is 3. The smallest absolute Gasteiger partial charge is 0.410 e. The summed E-state index contributed by atoms with van der Waals surface area (Å²) in [5.74, 6) is -0.432. The average molecular weight is 532 g/mol. The lowest BCUT2D eigenvalue weighted by Gasteiger charge is -2.39. The van der Waals surface area contributed by atoms with Crippen LogP contribution in [0.15, 0.2) is 29.4 Å². The van der Waals surface area contributed by atoms with E-state index in [0.717, 1.165) is 38.2 Å². The molecular formula is C26H30FN3O6S. The fourth-order valence-corrected chi connectivity index (χ4v) is 7.10. The Morgan fingerprint density at radius 3 is 2.32 bits per heavy atom. The number of carbonyl (C=O) groups is 1. The number of halogens is 1. The van der Waals surface area contributed by atoms with E-state index in [1.807, 2.05) is 4.90 Å². The predicted octanol–water partition coefficient (Wildman–Crippen LogP) is 4.72. The fourth-order valence-electron chi connectivity index (χ4n) is 5.43. The molecule has 37 heavy (non-hydrogen) atoms. The summed E-state index contributed by atoms with van der Waals surface area (Å²) in [6.45, 7) is 1.73. The summed E-state index contributed by atoms with van der Waals surface area (Å²) in [4.78, 5) is 22.9. The van der Waals surface area contributed by atoms with Crippen LogP contribution in [0.3, 0.4) is 0 Å². The van der Waals surface area contributed by atoms with Gasteiger partial charge in [0.1, 0.15) is 18.5 Å². The van der Waals surface area contributed by atoms with Gasteiger partial charge < -0.3 is 19.1 Å². The van der Waals surface area contributed by atoms with Crippen molar-refractivity contribution in [2.24, 2.45) is 0 Å². The molecule has 198 valence electrons. The average Bonchev–Trinajstić information content (AvgIpc) is 3.66. The number of rotatable bonds is 7. The van der Waals surface area contributed by atoms with Gasteiger partial charge in [-0.1, -0.05) is 0 Å². The number of aromatic nitrogens is 2. The summed E-state index contributed by atoms with van der Waals surface area (Å²) >= 11 is 0. The monoisotopic (exact) mass is 531 g/mol. The lowest BCUT2D eigenvalue weighted by Crippen LogP contribution is -2.50. The normalized spacial score (nSPS) is 25.5. The van der Waals surface area contributed by atoms with Crippen LogP contribution in [0, 0.1) is 12.7 Å². The molecule has 6 rings (SSSR count). The molecule has 2 bridgehead atoms. The van der Waals surface area contributed by atoms with Gasteiger partial charge in [0.15, 0.2) is 21.4 Å². The van der Waals surface area contributed by atoms with E-state index in [1.54, 1.807) is 6.92 Å². The molecule has 2 aliphatic heterocycles. The number of carbonyl (C=O) groups excluding carboxylic acids is 1. The Balaban J connectivity index is 1.12. The largest absolute Gasteiger partial charge is 0.474 e. The SMILES string of the molecule is Cc1c(Oc2ccc(S(=O)(=O)C3CC3)cc2F)ncnc1OC1CC2CC[C@@H](C1)N2C(=O)OC1CCC1. The number of hydrogen-bond donors (Lipinski definition) is 0. The van der Waals surface area contributed by atoms with Gasteiger partial charge >= 0.3 is 6.09 Å². The predicted molar refractivity (Wildman–Crippen MR) is 130 cm³/mol. The number of ether oxygens (including phenoxy) is 3. The molecule has 0 radical (unpaired) electrons. The summed E-state index contributed by atoms with van der Waals surface area (Å²) in [6.07, 6.45) is 8.46. The third kappa shape index (κ3) is 4.73. The third-order valence-corrected chi connectivity index (χ3v) is 10.2. The molecule has 2 aliphatic carbocycles. The first-order valence-corrected chi connectivity index (χ1v) is 14.5. The summed E-state index contributed by atoms with van der Waals surface area (Å²) in [5.41, 5.74) is 0.510. The lowest BCUT2D eigenvalue weighted by atomic mass is 9.96. The van der Waals surface area contributed by atoms with Crippen molar-refractivity contribution in [3.8, 4) is 17.5 Å². The van der Waals surface area contributed by atoms with Crippen LogP contribution in [-0.4, -0.2) is 58.9 Å². The Morgan fingerprint density at radius 1 is 1.00 bits per heavy atom. The first-order valence-electron chi connectivity index (χ1n) is 13.0. The van der Waals surface area contributed by atoms with Gasteiger partial charge in [-0.25, -0.2) is 27.6 Å². The first-order chi connectivity index (χ1) is 17.8. The van der Waals surface area contributed by atoms with Crippen LogP contribution >= 0.6 is 0 Å². The number of benzene rings is 1. The van der Waals surface area contributed by atoms with Crippen molar-refractivity contribution in [1.82, 2.24) is 14.9 Å². The second kappa shape index (κ2) is 9.41. The van der Waals surface area contributed by atoms with Crippen LogP contribution in [0.4, 0.5) is 9.18 Å². The Kier molecular flexibility index (Phi) is 6.21. The number of hydrogen-bond acceptors (Lipinski definition) is 8. The standard InChI is InChI=1S/C26H30FN3O6S/c1-15-24(34-19-11-16-5-6-17(12-19)30(16)26(31)35-18-3-2-4-18)28-14-29-25(15)36-23-10-9-21(13-22(23)27)37(32,33)20-7-8-20/h9-10,13-14,16-20H,2-8,11-12H2,1H3/t16-,17?,19?/m0/s1. The van der Waals surface area contributed by atoms with Gasteiger partial charge in [-0.15, -0.1) is 0 Å². The highest BCUT2D eigenvalue weighted by molar-refractivity contribution is 7.92. The molecule has 1 aromatic carbocycles. The van der Waals surface area contributed by atoms with E-state index in [1.165, 1.54) is 18.5 Å². The molecule has 9 nitrogen and oxygen atoms in total. The second-order valence-electron chi connectivity index (χ2n) is 10.5. The van der Waals surface area contributed by atoms with Crippen LogP contribution in [0.1, 0.15) is 63.4 Å². The molecule has 2 aromatic rings. The van der Waals surface area contributed by atoms with Crippen LogP contribution in [0.25, 0.3) is 0 Å². The van der Waals surface area contributed by atoms with E-state index < -0.39 is 20.9 Å². The van der Waals surface area contributed by atoms with E-state index in [2.05, 4.69) is 9.97 Å². The summed E-state index contributed by atoms with van der Waals surface area (Å²) in [6, 6.07) is 3.82. The molecule has 3 atom stereocenters. The summed E-state index contributed by atoms with van der Waals surface area (Å²) in [5, 5.41) is -0.419. The zero-order valence-electron chi connectivity index (χ0n) is 20.6. The number of piperidine rings is 1. The molecular weight excluding hydrogens is 501 g/mol. The van der Waals surface area contributed by atoms with Crippen molar-refractivity contribution in [3.63, 3.8) is 0 Å². The molecule has 4 aliphatic rings.